The number of aromatic nitrogens is 2. The SMILES string of the molecule is COc1c(C)cc(Nc2ncc(Cl)c(Nc3ccc(NS(=O)(=O)NC4CC4)c(C)c3C)n2)cc1C. The molecule has 3 aromatic rings. The quantitative estimate of drug-likeness (QED) is 0.306. The maximum Gasteiger partial charge on any atom is 0.299 e. The highest BCUT2D eigenvalue weighted by molar-refractivity contribution is 7.90. The fourth-order valence-electron chi connectivity index (χ4n) is 3.78. The number of ether oxygens (including phenoxy) is 1. The summed E-state index contributed by atoms with van der Waals surface area (Å²) in [6.45, 7) is 7.71. The van der Waals surface area contributed by atoms with E-state index < -0.39 is 10.2 Å². The summed E-state index contributed by atoms with van der Waals surface area (Å²) < 4.78 is 35.3. The average molecular weight is 517 g/mol. The minimum absolute atomic E-state index is 0.0308. The highest BCUT2D eigenvalue weighted by Gasteiger charge is 2.27. The summed E-state index contributed by atoms with van der Waals surface area (Å²) in [6.07, 6.45) is 3.27. The number of hydrogen-bond donors (Lipinski definition) is 4. The van der Waals surface area contributed by atoms with Gasteiger partial charge in [-0.3, -0.25) is 4.72 Å². The van der Waals surface area contributed by atoms with Crippen LogP contribution in [0.3, 0.4) is 0 Å². The molecule has 0 radical (unpaired) electrons. The van der Waals surface area contributed by atoms with Crippen LogP contribution in [0.1, 0.15) is 35.1 Å². The van der Waals surface area contributed by atoms with Gasteiger partial charge in [-0.2, -0.15) is 18.1 Å². The predicted molar refractivity (Wildman–Crippen MR) is 141 cm³/mol. The van der Waals surface area contributed by atoms with Crippen LogP contribution in [0.2, 0.25) is 5.02 Å². The smallest absolute Gasteiger partial charge is 0.299 e. The van der Waals surface area contributed by atoms with Crippen molar-refractivity contribution in [3.05, 3.63) is 57.7 Å². The Morgan fingerprint density at radius 2 is 1.63 bits per heavy atom. The van der Waals surface area contributed by atoms with Crippen LogP contribution in [0.25, 0.3) is 0 Å². The Kier molecular flexibility index (Phi) is 7.07. The third-order valence-corrected chi connectivity index (χ3v) is 7.26. The molecule has 11 heteroatoms. The van der Waals surface area contributed by atoms with E-state index in [2.05, 4.69) is 30.0 Å². The molecule has 1 aliphatic carbocycles. The lowest BCUT2D eigenvalue weighted by atomic mass is 10.1. The van der Waals surface area contributed by atoms with Crippen molar-refractivity contribution in [2.75, 3.05) is 22.5 Å². The van der Waals surface area contributed by atoms with E-state index in [4.69, 9.17) is 16.3 Å². The molecule has 4 N–H and O–H groups in total. The van der Waals surface area contributed by atoms with E-state index in [1.807, 2.05) is 39.8 Å². The third-order valence-electron chi connectivity index (χ3n) is 5.85. The van der Waals surface area contributed by atoms with E-state index in [1.54, 1.807) is 19.2 Å². The topological polar surface area (TPSA) is 117 Å². The average Bonchev–Trinajstić information content (AvgIpc) is 3.58. The van der Waals surface area contributed by atoms with Crippen molar-refractivity contribution in [2.45, 2.75) is 46.6 Å². The third kappa shape index (κ3) is 5.95. The fourth-order valence-corrected chi connectivity index (χ4v) is 5.16. The Labute approximate surface area is 210 Å². The summed E-state index contributed by atoms with van der Waals surface area (Å²) in [4.78, 5) is 8.83. The molecule has 1 aliphatic rings. The van der Waals surface area contributed by atoms with Crippen LogP contribution < -0.4 is 24.8 Å². The van der Waals surface area contributed by atoms with Gasteiger partial charge in [-0.15, -0.1) is 0 Å². The van der Waals surface area contributed by atoms with Crippen LogP contribution in [0.5, 0.6) is 5.75 Å². The largest absolute Gasteiger partial charge is 0.496 e. The van der Waals surface area contributed by atoms with Gasteiger partial charge < -0.3 is 15.4 Å². The maximum absolute atomic E-state index is 12.3. The maximum atomic E-state index is 12.3. The summed E-state index contributed by atoms with van der Waals surface area (Å²) in [5.41, 5.74) is 5.75. The highest BCUT2D eigenvalue weighted by atomic mass is 35.5. The minimum Gasteiger partial charge on any atom is -0.496 e. The first-order valence-corrected chi connectivity index (χ1v) is 13.0. The molecule has 0 saturated heterocycles. The Hall–Kier alpha value is -3.08. The summed E-state index contributed by atoms with van der Waals surface area (Å²) in [7, 11) is -1.96. The van der Waals surface area contributed by atoms with E-state index in [1.165, 1.54) is 6.20 Å². The zero-order valence-electron chi connectivity index (χ0n) is 20.3. The number of nitrogens with one attached hydrogen (secondary N) is 4. The molecule has 0 aliphatic heterocycles. The number of methoxy groups -OCH3 is 1. The summed E-state index contributed by atoms with van der Waals surface area (Å²) in [5.74, 6) is 1.65. The van der Waals surface area contributed by atoms with Gasteiger partial charge >= 0.3 is 0 Å². The molecule has 2 aromatic carbocycles. The molecule has 1 saturated carbocycles. The van der Waals surface area contributed by atoms with Crippen LogP contribution in [0, 0.1) is 27.7 Å². The normalized spacial score (nSPS) is 13.4. The second-order valence-electron chi connectivity index (χ2n) is 8.69. The first kappa shape index (κ1) is 25.0. The summed E-state index contributed by atoms with van der Waals surface area (Å²) in [5, 5.41) is 6.81. The van der Waals surface area contributed by atoms with Crippen molar-refractivity contribution < 1.29 is 13.2 Å². The molecular weight excluding hydrogens is 488 g/mol. The number of rotatable bonds is 9. The molecule has 1 aromatic heterocycles. The lowest BCUT2D eigenvalue weighted by Gasteiger charge is -2.17. The zero-order valence-corrected chi connectivity index (χ0v) is 21.9. The molecule has 0 spiro atoms. The second-order valence-corrected chi connectivity index (χ2v) is 10.5. The molecule has 4 rings (SSSR count). The lowest BCUT2D eigenvalue weighted by Crippen LogP contribution is -2.32. The number of halogens is 1. The van der Waals surface area contributed by atoms with E-state index in [0.717, 1.165) is 52.2 Å². The molecule has 186 valence electrons. The molecule has 0 unspecified atom stereocenters. The Morgan fingerprint density at radius 3 is 2.26 bits per heavy atom. The predicted octanol–water partition coefficient (Wildman–Crippen LogP) is 5.27. The van der Waals surface area contributed by atoms with Crippen molar-refractivity contribution in [1.29, 1.82) is 0 Å². The number of aryl methyl sites for hydroxylation is 2. The van der Waals surface area contributed by atoms with Crippen LogP contribution in [-0.2, 0) is 10.2 Å². The fraction of sp³-hybridized carbons (Fsp3) is 0.333. The van der Waals surface area contributed by atoms with Gasteiger partial charge in [-0.1, -0.05) is 11.6 Å². The van der Waals surface area contributed by atoms with Crippen molar-refractivity contribution in [1.82, 2.24) is 14.7 Å². The van der Waals surface area contributed by atoms with Crippen molar-refractivity contribution in [3.63, 3.8) is 0 Å². The second kappa shape index (κ2) is 9.88. The minimum atomic E-state index is -3.61. The summed E-state index contributed by atoms with van der Waals surface area (Å²) in [6, 6.07) is 7.46. The first-order chi connectivity index (χ1) is 16.6. The zero-order chi connectivity index (χ0) is 25.3. The van der Waals surface area contributed by atoms with E-state index in [-0.39, 0.29) is 6.04 Å². The van der Waals surface area contributed by atoms with Crippen LogP contribution in [0.4, 0.5) is 28.8 Å². The monoisotopic (exact) mass is 516 g/mol. The van der Waals surface area contributed by atoms with Crippen molar-refractivity contribution in [3.8, 4) is 5.75 Å². The standard InChI is InChI=1S/C24H29ClN6O3S/c1-13-10-18(11-14(2)22(13)34-5)27-24-26-12-19(25)23(29-24)28-20-8-9-21(16(4)15(20)3)31-35(32,33)30-17-6-7-17/h8-12,17,30-31H,6-7H2,1-5H3,(H2,26,27,28,29). The Balaban J connectivity index is 1.54. The Bertz CT molecular complexity index is 1350. The van der Waals surface area contributed by atoms with E-state index >= 15 is 0 Å². The van der Waals surface area contributed by atoms with Gasteiger partial charge in [0.2, 0.25) is 5.95 Å². The number of nitrogens with zero attached hydrogens (tertiary/aromatic N) is 2. The number of benzene rings is 2. The van der Waals surface area contributed by atoms with Gasteiger partial charge in [0.25, 0.3) is 10.2 Å². The van der Waals surface area contributed by atoms with E-state index in [0.29, 0.717) is 22.5 Å². The van der Waals surface area contributed by atoms with Gasteiger partial charge in [0.15, 0.2) is 5.82 Å². The van der Waals surface area contributed by atoms with Crippen molar-refractivity contribution >= 4 is 50.6 Å². The molecule has 1 heterocycles. The first-order valence-electron chi connectivity index (χ1n) is 11.2. The molecular formula is C24H29ClN6O3S. The lowest BCUT2D eigenvalue weighted by molar-refractivity contribution is 0.408. The van der Waals surface area contributed by atoms with Crippen LogP contribution >= 0.6 is 11.6 Å². The molecule has 0 atom stereocenters. The van der Waals surface area contributed by atoms with E-state index in [9.17, 15) is 8.42 Å². The van der Waals surface area contributed by atoms with Gasteiger partial charge in [0.1, 0.15) is 10.8 Å². The molecule has 35 heavy (non-hydrogen) atoms. The van der Waals surface area contributed by atoms with Gasteiger partial charge in [0, 0.05) is 17.4 Å². The summed E-state index contributed by atoms with van der Waals surface area (Å²) >= 11 is 6.37. The molecule has 1 fully saturated rings. The van der Waals surface area contributed by atoms with Crippen molar-refractivity contribution in [2.24, 2.45) is 0 Å². The number of hydrogen-bond acceptors (Lipinski definition) is 7. The van der Waals surface area contributed by atoms with Crippen LogP contribution in [0.15, 0.2) is 30.5 Å². The number of anilines is 5. The Morgan fingerprint density at radius 1 is 1.00 bits per heavy atom. The van der Waals surface area contributed by atoms with Crippen LogP contribution in [-0.4, -0.2) is 31.5 Å². The highest BCUT2D eigenvalue weighted by Crippen LogP contribution is 2.32. The molecule has 0 amide bonds. The molecule has 9 nitrogen and oxygen atoms in total. The van der Waals surface area contributed by atoms with Gasteiger partial charge in [-0.05, 0) is 87.1 Å². The molecule has 0 bridgehead atoms. The van der Waals surface area contributed by atoms with Gasteiger partial charge in [0.05, 0.1) is 19.0 Å². The van der Waals surface area contributed by atoms with Gasteiger partial charge in [-0.25, -0.2) is 4.98 Å².